The van der Waals surface area contributed by atoms with Crippen LogP contribution in [0.4, 0.5) is 0 Å². The predicted octanol–water partition coefficient (Wildman–Crippen LogP) is 1.42. The van der Waals surface area contributed by atoms with Gasteiger partial charge in [0.15, 0.2) is 18.9 Å². The predicted molar refractivity (Wildman–Crippen MR) is 249 cm³/mol. The maximum Gasteiger partial charge on any atom is 0.220 e. The van der Waals surface area contributed by atoms with Gasteiger partial charge in [-0.3, -0.25) is 4.79 Å². The average Bonchev–Trinajstić information content (AvgIpc) is 3.33. The molecule has 0 aliphatic carbocycles. The van der Waals surface area contributed by atoms with Gasteiger partial charge in [-0.1, -0.05) is 115 Å². The molecule has 396 valence electrons. The van der Waals surface area contributed by atoms with Gasteiger partial charge in [0.05, 0.1) is 38.6 Å². The number of nitrogens with one attached hydrogen (secondary N) is 1. The molecular formula is C49H87NO18. The zero-order valence-corrected chi connectivity index (χ0v) is 40.3. The van der Waals surface area contributed by atoms with E-state index in [1.54, 1.807) is 12.2 Å². The summed E-state index contributed by atoms with van der Waals surface area (Å²) in [7, 11) is 0. The summed E-state index contributed by atoms with van der Waals surface area (Å²) in [4.78, 5) is 13.2. The van der Waals surface area contributed by atoms with Crippen LogP contribution in [-0.4, -0.2) is 193 Å². The monoisotopic (exact) mass is 978 g/mol. The van der Waals surface area contributed by atoms with Crippen molar-refractivity contribution in [1.82, 2.24) is 5.32 Å². The van der Waals surface area contributed by atoms with Crippen LogP contribution in [0.2, 0.25) is 0 Å². The Morgan fingerprint density at radius 1 is 0.515 bits per heavy atom. The number of allylic oxidation sites excluding steroid dienone is 5. The minimum atomic E-state index is -1.98. The Morgan fingerprint density at radius 3 is 1.51 bits per heavy atom. The lowest BCUT2D eigenvalue weighted by Crippen LogP contribution is -2.66. The smallest absolute Gasteiger partial charge is 0.220 e. The number of hydrogen-bond acceptors (Lipinski definition) is 18. The normalized spacial score (nSPS) is 33.5. The number of hydrogen-bond donors (Lipinski definition) is 12. The molecule has 3 rings (SSSR count). The highest BCUT2D eigenvalue weighted by Gasteiger charge is 2.53. The summed E-state index contributed by atoms with van der Waals surface area (Å²) in [6, 6.07) is -0.989. The van der Waals surface area contributed by atoms with Gasteiger partial charge < -0.3 is 89.9 Å². The van der Waals surface area contributed by atoms with Gasteiger partial charge in [0.2, 0.25) is 5.91 Å². The van der Waals surface area contributed by atoms with Gasteiger partial charge in [0.1, 0.15) is 73.2 Å². The van der Waals surface area contributed by atoms with Crippen LogP contribution in [0, 0.1) is 0 Å². The van der Waals surface area contributed by atoms with Crippen molar-refractivity contribution < 1.29 is 89.4 Å². The van der Waals surface area contributed by atoms with Crippen molar-refractivity contribution in [2.24, 2.45) is 0 Å². The number of amides is 1. The minimum Gasteiger partial charge on any atom is -0.394 e. The fraction of sp³-hybridized carbons (Fsp3) is 0.857. The topological polar surface area (TPSA) is 307 Å². The van der Waals surface area contributed by atoms with Gasteiger partial charge in [0, 0.05) is 6.42 Å². The van der Waals surface area contributed by atoms with Gasteiger partial charge in [-0.05, 0) is 51.4 Å². The quantitative estimate of drug-likeness (QED) is 0.0321. The zero-order valence-electron chi connectivity index (χ0n) is 40.3. The molecule has 17 unspecified atom stereocenters. The SMILES string of the molecule is CCCC/C=C/CC/C=C/C(O)C(COC1OC(CO)C(OC2OC(CO)C(OC3OC(CO)C(O)C(O)C3O)C(O)C2O)C(O)C1O)NC(=O)CCCCCCC/C=C\CCCCCCCC. The van der Waals surface area contributed by atoms with Crippen LogP contribution in [0.25, 0.3) is 0 Å². The van der Waals surface area contributed by atoms with Crippen LogP contribution in [0.3, 0.4) is 0 Å². The number of aliphatic hydroxyl groups is 11. The number of rotatable bonds is 34. The lowest BCUT2D eigenvalue weighted by atomic mass is 9.96. The van der Waals surface area contributed by atoms with Crippen molar-refractivity contribution in [3.05, 3.63) is 36.5 Å². The molecule has 3 heterocycles. The number of ether oxygens (including phenoxy) is 6. The maximum absolute atomic E-state index is 13.2. The van der Waals surface area contributed by atoms with Crippen LogP contribution < -0.4 is 5.32 Å². The molecule has 19 nitrogen and oxygen atoms in total. The van der Waals surface area contributed by atoms with E-state index < -0.39 is 124 Å². The third-order valence-corrected chi connectivity index (χ3v) is 12.7. The molecule has 3 aliphatic rings. The number of unbranched alkanes of at least 4 members (excludes halogenated alkanes) is 14. The molecule has 17 atom stereocenters. The highest BCUT2D eigenvalue weighted by molar-refractivity contribution is 5.76. The molecule has 3 saturated heterocycles. The molecule has 68 heavy (non-hydrogen) atoms. The Morgan fingerprint density at radius 2 is 0.956 bits per heavy atom. The van der Waals surface area contributed by atoms with Gasteiger partial charge in [-0.2, -0.15) is 0 Å². The first-order valence-electron chi connectivity index (χ1n) is 25.2. The summed E-state index contributed by atoms with van der Waals surface area (Å²) in [5, 5.41) is 119. The lowest BCUT2D eigenvalue weighted by Gasteiger charge is -2.48. The molecule has 0 aromatic rings. The van der Waals surface area contributed by atoms with Gasteiger partial charge in [-0.25, -0.2) is 0 Å². The summed E-state index contributed by atoms with van der Waals surface area (Å²) in [5.74, 6) is -0.301. The van der Waals surface area contributed by atoms with Crippen LogP contribution in [0.1, 0.15) is 136 Å². The Kier molecular flexibility index (Phi) is 30.5. The molecule has 0 bridgehead atoms. The third-order valence-electron chi connectivity index (χ3n) is 12.7. The number of carbonyl (C=O) groups excluding carboxylic acids is 1. The molecule has 0 saturated carbocycles. The van der Waals surface area contributed by atoms with E-state index in [1.165, 1.54) is 38.5 Å². The Hall–Kier alpha value is -1.99. The average molecular weight is 978 g/mol. The molecule has 12 N–H and O–H groups in total. The number of carbonyl (C=O) groups is 1. The van der Waals surface area contributed by atoms with E-state index in [4.69, 9.17) is 28.4 Å². The Balaban J connectivity index is 1.55. The minimum absolute atomic E-state index is 0.224. The van der Waals surface area contributed by atoms with Crippen molar-refractivity contribution in [1.29, 1.82) is 0 Å². The molecular weight excluding hydrogens is 891 g/mol. The van der Waals surface area contributed by atoms with Crippen LogP contribution in [0.15, 0.2) is 36.5 Å². The van der Waals surface area contributed by atoms with Crippen molar-refractivity contribution in [2.45, 2.75) is 240 Å². The second kappa shape index (κ2) is 34.4. The second-order valence-corrected chi connectivity index (χ2v) is 18.3. The van der Waals surface area contributed by atoms with Crippen molar-refractivity contribution in [3.63, 3.8) is 0 Å². The lowest BCUT2D eigenvalue weighted by molar-refractivity contribution is -0.379. The van der Waals surface area contributed by atoms with E-state index in [2.05, 4.69) is 43.5 Å². The van der Waals surface area contributed by atoms with Gasteiger partial charge in [0.25, 0.3) is 0 Å². The highest BCUT2D eigenvalue weighted by atomic mass is 16.8. The molecule has 3 fully saturated rings. The van der Waals surface area contributed by atoms with E-state index in [0.717, 1.165) is 64.2 Å². The molecule has 19 heteroatoms. The molecule has 1 amide bonds. The van der Waals surface area contributed by atoms with E-state index >= 15 is 0 Å². The molecule has 0 aromatic carbocycles. The first kappa shape index (κ1) is 60.3. The molecule has 0 aromatic heterocycles. The largest absolute Gasteiger partial charge is 0.394 e. The first-order chi connectivity index (χ1) is 32.8. The Bertz CT molecular complexity index is 1400. The summed E-state index contributed by atoms with van der Waals surface area (Å²) >= 11 is 0. The van der Waals surface area contributed by atoms with Crippen LogP contribution in [0.5, 0.6) is 0 Å². The fourth-order valence-corrected chi connectivity index (χ4v) is 8.36. The van der Waals surface area contributed by atoms with Crippen LogP contribution in [-0.2, 0) is 33.2 Å². The van der Waals surface area contributed by atoms with E-state index in [1.807, 2.05) is 0 Å². The van der Waals surface area contributed by atoms with E-state index in [9.17, 15) is 61.0 Å². The number of aliphatic hydroxyl groups excluding tert-OH is 11. The highest BCUT2D eigenvalue weighted by Crippen LogP contribution is 2.33. The van der Waals surface area contributed by atoms with Gasteiger partial charge >= 0.3 is 0 Å². The van der Waals surface area contributed by atoms with Crippen molar-refractivity contribution in [2.75, 3.05) is 26.4 Å². The molecule has 0 radical (unpaired) electrons. The van der Waals surface area contributed by atoms with Crippen molar-refractivity contribution in [3.8, 4) is 0 Å². The van der Waals surface area contributed by atoms with E-state index in [-0.39, 0.29) is 18.9 Å². The molecule has 3 aliphatic heterocycles. The summed E-state index contributed by atoms with van der Waals surface area (Å²) in [6.45, 7) is 1.56. The standard InChI is InChI=1S/C49H87NO18/c1-3-5-7-9-11-13-14-15-16-17-18-19-21-23-25-27-37(55)50-32(33(54)26-24-22-20-12-10-8-6-4-2)31-63-47-43(61)40(58)45(35(29-52)65-47)68-49-44(62)41(59)46(36(30-53)66-49)67-48-42(60)39(57)38(56)34(28-51)64-48/h10,12,15-16,24,26,32-36,38-49,51-54,56-62H,3-9,11,13-14,17-23,25,27-31H2,1-2H3,(H,50,55)/b12-10+,16-15-,26-24+. The Labute approximate surface area is 402 Å². The van der Waals surface area contributed by atoms with E-state index in [0.29, 0.717) is 12.8 Å². The summed E-state index contributed by atoms with van der Waals surface area (Å²) < 4.78 is 34.0. The summed E-state index contributed by atoms with van der Waals surface area (Å²) in [5.41, 5.74) is 0. The van der Waals surface area contributed by atoms with Gasteiger partial charge in [-0.15, -0.1) is 0 Å². The van der Waals surface area contributed by atoms with Crippen molar-refractivity contribution >= 4 is 5.91 Å². The second-order valence-electron chi connectivity index (χ2n) is 18.3. The maximum atomic E-state index is 13.2. The van der Waals surface area contributed by atoms with Crippen LogP contribution >= 0.6 is 0 Å². The third kappa shape index (κ3) is 20.3. The molecule has 0 spiro atoms. The fourth-order valence-electron chi connectivity index (χ4n) is 8.36. The first-order valence-corrected chi connectivity index (χ1v) is 25.2. The zero-order chi connectivity index (χ0) is 49.8. The summed E-state index contributed by atoms with van der Waals surface area (Å²) in [6.07, 6.45) is 4.68.